The van der Waals surface area contributed by atoms with Crippen molar-refractivity contribution >= 4 is 5.91 Å². The molecule has 53 heavy (non-hydrogen) atoms. The maximum atomic E-state index is 12.7. The first-order chi connectivity index (χ1) is 25.8. The number of rotatable bonds is 36. The summed E-state index contributed by atoms with van der Waals surface area (Å²) < 4.78 is 11.1. The standard InChI is InChI=1S/C44H83NO8/c1-3-5-7-9-10-11-12-13-14-15-16-17-18-19-20-21-22-23-24-25-26-27-28-30-31-33-38(47)37(45-40(48)34-32-29-8-6-4-2)36-52-44-43(51)42(50)41(49)39(35-46)53-44/h26-27,31,33,37-39,41-44,46-47,49-51H,3-25,28-30,32,34-36H2,1-2H3,(H,45,48)/b27-26+,33-31+. The zero-order valence-electron chi connectivity index (χ0n) is 34.0. The Morgan fingerprint density at radius 3 is 1.58 bits per heavy atom. The second-order valence-electron chi connectivity index (χ2n) is 15.5. The van der Waals surface area contributed by atoms with Crippen LogP contribution in [0.25, 0.3) is 0 Å². The molecule has 7 atom stereocenters. The maximum absolute atomic E-state index is 12.7. The minimum atomic E-state index is -1.57. The molecule has 0 bridgehead atoms. The third kappa shape index (κ3) is 26.2. The van der Waals surface area contributed by atoms with E-state index in [-0.39, 0.29) is 12.5 Å². The van der Waals surface area contributed by atoms with Crippen molar-refractivity contribution in [2.24, 2.45) is 0 Å². The van der Waals surface area contributed by atoms with Crippen LogP contribution in [0.15, 0.2) is 24.3 Å². The van der Waals surface area contributed by atoms with Crippen molar-refractivity contribution < 1.29 is 39.8 Å². The number of ether oxygens (including phenoxy) is 2. The first-order valence-corrected chi connectivity index (χ1v) is 22.1. The fourth-order valence-electron chi connectivity index (χ4n) is 6.94. The third-order valence-corrected chi connectivity index (χ3v) is 10.5. The van der Waals surface area contributed by atoms with E-state index in [0.717, 1.165) is 51.4 Å². The van der Waals surface area contributed by atoms with E-state index in [1.54, 1.807) is 6.08 Å². The van der Waals surface area contributed by atoms with Crippen LogP contribution in [-0.2, 0) is 14.3 Å². The highest BCUT2D eigenvalue weighted by Gasteiger charge is 2.44. The van der Waals surface area contributed by atoms with E-state index in [4.69, 9.17) is 9.47 Å². The molecule has 312 valence electrons. The summed E-state index contributed by atoms with van der Waals surface area (Å²) in [6, 6.07) is -0.813. The van der Waals surface area contributed by atoms with Gasteiger partial charge in [0.2, 0.25) is 5.91 Å². The van der Waals surface area contributed by atoms with Crippen LogP contribution in [0.2, 0.25) is 0 Å². The number of hydrogen-bond acceptors (Lipinski definition) is 8. The molecular formula is C44H83NO8. The van der Waals surface area contributed by atoms with E-state index >= 15 is 0 Å². The fraction of sp³-hybridized carbons (Fsp3) is 0.886. The summed E-state index contributed by atoms with van der Waals surface area (Å²) in [4.78, 5) is 12.7. The predicted octanol–water partition coefficient (Wildman–Crippen LogP) is 8.72. The topological polar surface area (TPSA) is 149 Å². The van der Waals surface area contributed by atoms with Crippen molar-refractivity contribution in [1.82, 2.24) is 5.32 Å². The second kappa shape index (κ2) is 35.1. The van der Waals surface area contributed by atoms with Crippen LogP contribution in [0, 0.1) is 0 Å². The van der Waals surface area contributed by atoms with Gasteiger partial charge in [0.15, 0.2) is 6.29 Å². The van der Waals surface area contributed by atoms with Gasteiger partial charge in [0.05, 0.1) is 25.4 Å². The second-order valence-corrected chi connectivity index (χ2v) is 15.5. The van der Waals surface area contributed by atoms with Crippen LogP contribution in [0.1, 0.15) is 194 Å². The molecular weight excluding hydrogens is 670 g/mol. The monoisotopic (exact) mass is 754 g/mol. The first kappa shape index (κ1) is 49.7. The van der Waals surface area contributed by atoms with Crippen LogP contribution in [0.5, 0.6) is 0 Å². The lowest BCUT2D eigenvalue weighted by Crippen LogP contribution is -2.60. The van der Waals surface area contributed by atoms with Gasteiger partial charge in [-0.05, 0) is 32.1 Å². The summed E-state index contributed by atoms with van der Waals surface area (Å²) >= 11 is 0. The Labute approximate surface area is 324 Å². The lowest BCUT2D eigenvalue weighted by molar-refractivity contribution is -0.302. The average Bonchev–Trinajstić information content (AvgIpc) is 3.16. The molecule has 7 unspecified atom stereocenters. The summed E-state index contributed by atoms with van der Waals surface area (Å²) in [6.07, 6.45) is 34.3. The van der Waals surface area contributed by atoms with Crippen LogP contribution in [-0.4, -0.2) is 87.5 Å². The number of amides is 1. The number of hydrogen-bond donors (Lipinski definition) is 6. The SMILES string of the molecule is CCCCCCCCCCCCCCCCCCCCC/C=C/CC/C=C/C(O)C(COC1OC(CO)C(O)C(O)C1O)NC(=O)CCCCCCC. The van der Waals surface area contributed by atoms with E-state index in [0.29, 0.717) is 6.42 Å². The van der Waals surface area contributed by atoms with E-state index in [9.17, 15) is 30.3 Å². The number of aliphatic hydroxyl groups excluding tert-OH is 5. The van der Waals surface area contributed by atoms with Crippen molar-refractivity contribution in [2.45, 2.75) is 236 Å². The summed E-state index contributed by atoms with van der Waals surface area (Å²) in [5.41, 5.74) is 0. The molecule has 1 fully saturated rings. The first-order valence-electron chi connectivity index (χ1n) is 22.1. The normalized spacial score (nSPS) is 21.8. The van der Waals surface area contributed by atoms with Crippen molar-refractivity contribution in [2.75, 3.05) is 13.2 Å². The fourth-order valence-corrected chi connectivity index (χ4v) is 6.94. The third-order valence-electron chi connectivity index (χ3n) is 10.5. The Hall–Kier alpha value is -1.33. The molecule has 1 aliphatic heterocycles. The van der Waals surface area contributed by atoms with E-state index in [1.165, 1.54) is 122 Å². The lowest BCUT2D eigenvalue weighted by Gasteiger charge is -2.40. The number of allylic oxidation sites excluding steroid dienone is 3. The summed E-state index contributed by atoms with van der Waals surface area (Å²) in [5.74, 6) is -0.200. The van der Waals surface area contributed by atoms with Gasteiger partial charge < -0.3 is 40.3 Å². The Kier molecular flexibility index (Phi) is 32.9. The van der Waals surface area contributed by atoms with Gasteiger partial charge >= 0.3 is 0 Å². The lowest BCUT2D eigenvalue weighted by atomic mass is 9.99. The van der Waals surface area contributed by atoms with Gasteiger partial charge in [-0.2, -0.15) is 0 Å². The van der Waals surface area contributed by atoms with Crippen LogP contribution < -0.4 is 5.32 Å². The van der Waals surface area contributed by atoms with E-state index in [2.05, 4.69) is 31.3 Å². The van der Waals surface area contributed by atoms with E-state index < -0.39 is 49.5 Å². The van der Waals surface area contributed by atoms with Crippen LogP contribution in [0.4, 0.5) is 0 Å². The highest BCUT2D eigenvalue weighted by Crippen LogP contribution is 2.22. The smallest absolute Gasteiger partial charge is 0.220 e. The number of carbonyl (C=O) groups is 1. The highest BCUT2D eigenvalue weighted by atomic mass is 16.7. The minimum absolute atomic E-state index is 0.199. The van der Waals surface area contributed by atoms with Crippen LogP contribution >= 0.6 is 0 Å². The summed E-state index contributed by atoms with van der Waals surface area (Å²) in [6.45, 7) is 3.66. The Bertz CT molecular complexity index is 883. The number of carbonyl (C=O) groups excluding carboxylic acids is 1. The predicted molar refractivity (Wildman–Crippen MR) is 217 cm³/mol. The Balaban J connectivity index is 2.21. The number of nitrogens with one attached hydrogen (secondary N) is 1. The molecule has 0 aromatic carbocycles. The molecule has 9 nitrogen and oxygen atoms in total. The minimum Gasteiger partial charge on any atom is -0.394 e. The van der Waals surface area contributed by atoms with Gasteiger partial charge in [0, 0.05) is 6.42 Å². The molecule has 0 spiro atoms. The maximum Gasteiger partial charge on any atom is 0.220 e. The number of unbranched alkanes of at least 4 members (excludes halogenated alkanes) is 24. The van der Waals surface area contributed by atoms with E-state index in [1.807, 2.05) is 6.08 Å². The zero-order chi connectivity index (χ0) is 38.8. The van der Waals surface area contributed by atoms with Crippen molar-refractivity contribution in [3.8, 4) is 0 Å². The van der Waals surface area contributed by atoms with Gasteiger partial charge in [-0.25, -0.2) is 0 Å². The van der Waals surface area contributed by atoms with Gasteiger partial charge in [0.25, 0.3) is 0 Å². The van der Waals surface area contributed by atoms with Crippen molar-refractivity contribution in [3.05, 3.63) is 24.3 Å². The molecule has 1 heterocycles. The van der Waals surface area contributed by atoms with Crippen LogP contribution in [0.3, 0.4) is 0 Å². The molecule has 1 aliphatic rings. The molecule has 0 saturated carbocycles. The van der Waals surface area contributed by atoms with Gasteiger partial charge in [-0.3, -0.25) is 4.79 Å². The molecule has 1 saturated heterocycles. The Morgan fingerprint density at radius 2 is 1.08 bits per heavy atom. The molecule has 1 amide bonds. The zero-order valence-corrected chi connectivity index (χ0v) is 34.0. The van der Waals surface area contributed by atoms with Gasteiger partial charge in [0.1, 0.15) is 24.4 Å². The molecule has 6 N–H and O–H groups in total. The van der Waals surface area contributed by atoms with Crippen molar-refractivity contribution in [1.29, 1.82) is 0 Å². The quantitative estimate of drug-likeness (QED) is 0.0275. The summed E-state index contributed by atoms with van der Waals surface area (Å²) in [5, 5.41) is 53.7. The average molecular weight is 754 g/mol. The molecule has 0 radical (unpaired) electrons. The number of aliphatic hydroxyl groups is 5. The van der Waals surface area contributed by atoms with Crippen molar-refractivity contribution in [3.63, 3.8) is 0 Å². The molecule has 0 aromatic heterocycles. The molecule has 9 heteroatoms. The Morgan fingerprint density at radius 1 is 0.623 bits per heavy atom. The largest absolute Gasteiger partial charge is 0.394 e. The van der Waals surface area contributed by atoms with Gasteiger partial charge in [-0.15, -0.1) is 0 Å². The molecule has 1 rings (SSSR count). The highest BCUT2D eigenvalue weighted by molar-refractivity contribution is 5.76. The molecule has 0 aliphatic carbocycles. The molecule has 0 aromatic rings. The van der Waals surface area contributed by atoms with Gasteiger partial charge in [-0.1, -0.05) is 179 Å². The summed E-state index contributed by atoms with van der Waals surface area (Å²) in [7, 11) is 0.